The summed E-state index contributed by atoms with van der Waals surface area (Å²) in [7, 11) is -0.743. The van der Waals surface area contributed by atoms with Crippen molar-refractivity contribution in [2.45, 2.75) is 18.2 Å². The van der Waals surface area contributed by atoms with Gasteiger partial charge in [-0.25, -0.2) is 13.2 Å². The van der Waals surface area contributed by atoms with Gasteiger partial charge in [-0.3, -0.25) is 0 Å². The van der Waals surface area contributed by atoms with Gasteiger partial charge in [-0.05, 0) is 24.4 Å². The first-order valence-corrected chi connectivity index (χ1v) is 8.12. The Morgan fingerprint density at radius 3 is 2.64 bits per heavy atom. The van der Waals surface area contributed by atoms with Crippen LogP contribution in [0.5, 0.6) is 0 Å². The Bertz CT molecular complexity index is 658. The third kappa shape index (κ3) is 3.29. The van der Waals surface area contributed by atoms with Crippen LogP contribution in [0.15, 0.2) is 17.2 Å². The Balaban J connectivity index is 0.00000242. The number of aryl methyl sites for hydroxylation is 1. The molecule has 126 valence electrons. The molecule has 1 fully saturated rings. The minimum absolute atomic E-state index is 0. The van der Waals surface area contributed by atoms with Crippen LogP contribution in [-0.4, -0.2) is 50.0 Å². The lowest BCUT2D eigenvalue weighted by Crippen LogP contribution is -2.34. The Hall–Kier alpha value is -1.09. The number of aromatic nitrogens is 1. The molecule has 1 aliphatic rings. The molecule has 0 amide bonds. The summed E-state index contributed by atoms with van der Waals surface area (Å²) in [4.78, 5) is 11.7. The quantitative estimate of drug-likeness (QED) is 0.801. The van der Waals surface area contributed by atoms with Crippen molar-refractivity contribution in [1.82, 2.24) is 8.87 Å². The Morgan fingerprint density at radius 2 is 2.14 bits per heavy atom. The van der Waals surface area contributed by atoms with Crippen LogP contribution in [0, 0.1) is 5.41 Å². The van der Waals surface area contributed by atoms with E-state index in [0.29, 0.717) is 19.6 Å². The number of methoxy groups -OCH3 is 1. The van der Waals surface area contributed by atoms with Crippen LogP contribution in [-0.2, 0) is 21.8 Å². The Labute approximate surface area is 136 Å². The van der Waals surface area contributed by atoms with Gasteiger partial charge >= 0.3 is 5.97 Å². The molecular weight excluding hydrogens is 330 g/mol. The van der Waals surface area contributed by atoms with Crippen LogP contribution in [0.2, 0.25) is 0 Å². The summed E-state index contributed by atoms with van der Waals surface area (Å²) in [5.41, 5.74) is 5.73. The number of carbonyl (C=O) groups excluding carboxylic acids is 1. The van der Waals surface area contributed by atoms with Gasteiger partial charge < -0.3 is 15.0 Å². The fraction of sp³-hybridized carbons (Fsp3) is 0.615. The summed E-state index contributed by atoms with van der Waals surface area (Å²) >= 11 is 0. The van der Waals surface area contributed by atoms with E-state index in [0.717, 1.165) is 6.42 Å². The monoisotopic (exact) mass is 351 g/mol. The molecule has 0 radical (unpaired) electrons. The number of sulfonamides is 1. The number of halogens is 1. The molecule has 2 N–H and O–H groups in total. The van der Waals surface area contributed by atoms with E-state index in [1.54, 1.807) is 7.05 Å². The van der Waals surface area contributed by atoms with Crippen LogP contribution in [0.3, 0.4) is 0 Å². The Morgan fingerprint density at radius 1 is 1.50 bits per heavy atom. The van der Waals surface area contributed by atoms with Gasteiger partial charge in [0.1, 0.15) is 10.6 Å². The summed E-state index contributed by atoms with van der Waals surface area (Å²) in [6.45, 7) is 3.27. The van der Waals surface area contributed by atoms with E-state index >= 15 is 0 Å². The molecular formula is C13H22ClN3O4S. The SMILES string of the molecule is COC(=O)c1cc(S(=O)(=O)N2CCC(C)(CN)C2)cn1C.Cl. The largest absolute Gasteiger partial charge is 0.464 e. The van der Waals surface area contributed by atoms with Gasteiger partial charge in [-0.15, -0.1) is 12.4 Å². The predicted octanol–water partition coefficient (Wildman–Crippen LogP) is 0.593. The van der Waals surface area contributed by atoms with Crippen molar-refractivity contribution < 1.29 is 17.9 Å². The fourth-order valence-corrected chi connectivity index (χ4v) is 4.15. The number of carbonyl (C=O) groups is 1. The second kappa shape index (κ2) is 6.57. The normalized spacial score (nSPS) is 22.4. The highest BCUT2D eigenvalue weighted by atomic mass is 35.5. The van der Waals surface area contributed by atoms with Crippen LogP contribution in [0.4, 0.5) is 0 Å². The number of rotatable bonds is 4. The van der Waals surface area contributed by atoms with Gasteiger partial charge in [-0.1, -0.05) is 6.92 Å². The van der Waals surface area contributed by atoms with Crippen molar-refractivity contribution in [1.29, 1.82) is 0 Å². The number of ether oxygens (including phenoxy) is 1. The molecule has 1 unspecified atom stereocenters. The smallest absolute Gasteiger partial charge is 0.354 e. The molecule has 0 spiro atoms. The zero-order valence-electron chi connectivity index (χ0n) is 12.9. The summed E-state index contributed by atoms with van der Waals surface area (Å²) in [6.07, 6.45) is 2.17. The summed E-state index contributed by atoms with van der Waals surface area (Å²) < 4.78 is 32.8. The van der Waals surface area contributed by atoms with E-state index in [4.69, 9.17) is 5.73 Å². The van der Waals surface area contributed by atoms with Crippen molar-refractivity contribution in [3.05, 3.63) is 18.0 Å². The van der Waals surface area contributed by atoms with Gasteiger partial charge in [0.15, 0.2) is 0 Å². The van der Waals surface area contributed by atoms with E-state index in [1.807, 2.05) is 6.92 Å². The van der Waals surface area contributed by atoms with E-state index in [-0.39, 0.29) is 28.4 Å². The van der Waals surface area contributed by atoms with E-state index < -0.39 is 16.0 Å². The first kappa shape index (κ1) is 19.0. The molecule has 0 aliphatic carbocycles. The van der Waals surface area contributed by atoms with Crippen LogP contribution in [0.25, 0.3) is 0 Å². The predicted molar refractivity (Wildman–Crippen MR) is 84.5 cm³/mol. The van der Waals surface area contributed by atoms with E-state index in [1.165, 1.54) is 28.2 Å². The first-order chi connectivity index (χ1) is 9.73. The third-order valence-electron chi connectivity index (χ3n) is 4.03. The fourth-order valence-electron chi connectivity index (χ4n) is 2.48. The topological polar surface area (TPSA) is 94.6 Å². The zero-order chi connectivity index (χ0) is 15.8. The van der Waals surface area contributed by atoms with Gasteiger partial charge in [0, 0.05) is 26.3 Å². The molecule has 1 aromatic heterocycles. The second-order valence-corrected chi connectivity index (χ2v) is 7.70. The molecule has 0 saturated carbocycles. The lowest BCUT2D eigenvalue weighted by atomic mass is 9.90. The van der Waals surface area contributed by atoms with Crippen LogP contribution < -0.4 is 5.73 Å². The lowest BCUT2D eigenvalue weighted by molar-refractivity contribution is 0.0590. The average Bonchev–Trinajstić information content (AvgIpc) is 3.03. The van der Waals surface area contributed by atoms with Crippen LogP contribution in [0.1, 0.15) is 23.8 Å². The molecule has 1 aromatic rings. The van der Waals surface area contributed by atoms with Gasteiger partial charge in [0.25, 0.3) is 0 Å². The van der Waals surface area contributed by atoms with Gasteiger partial charge in [-0.2, -0.15) is 4.31 Å². The average molecular weight is 352 g/mol. The van der Waals surface area contributed by atoms with Gasteiger partial charge in [0.2, 0.25) is 10.0 Å². The molecule has 1 aliphatic heterocycles. The van der Waals surface area contributed by atoms with Crippen molar-refractivity contribution >= 4 is 28.4 Å². The number of hydrogen-bond donors (Lipinski definition) is 1. The number of hydrogen-bond acceptors (Lipinski definition) is 5. The maximum Gasteiger partial charge on any atom is 0.354 e. The lowest BCUT2D eigenvalue weighted by Gasteiger charge is -2.22. The van der Waals surface area contributed by atoms with Gasteiger partial charge in [0.05, 0.1) is 7.11 Å². The molecule has 2 rings (SSSR count). The number of esters is 1. The minimum atomic E-state index is -3.61. The van der Waals surface area contributed by atoms with Crippen molar-refractivity contribution in [2.24, 2.45) is 18.2 Å². The maximum atomic E-state index is 12.6. The third-order valence-corrected chi connectivity index (χ3v) is 5.84. The molecule has 7 nitrogen and oxygen atoms in total. The highest BCUT2D eigenvalue weighted by Crippen LogP contribution is 2.32. The highest BCUT2D eigenvalue weighted by molar-refractivity contribution is 7.89. The minimum Gasteiger partial charge on any atom is -0.464 e. The van der Waals surface area contributed by atoms with Crippen LogP contribution >= 0.6 is 12.4 Å². The maximum absolute atomic E-state index is 12.6. The zero-order valence-corrected chi connectivity index (χ0v) is 14.5. The van der Waals surface area contributed by atoms with Crippen molar-refractivity contribution in [3.63, 3.8) is 0 Å². The molecule has 22 heavy (non-hydrogen) atoms. The highest BCUT2D eigenvalue weighted by Gasteiger charge is 2.39. The molecule has 1 saturated heterocycles. The number of nitrogens with zero attached hydrogens (tertiary/aromatic N) is 2. The summed E-state index contributed by atoms with van der Waals surface area (Å²) in [5, 5.41) is 0. The molecule has 1 atom stereocenters. The van der Waals surface area contributed by atoms with Crippen molar-refractivity contribution in [3.8, 4) is 0 Å². The van der Waals surface area contributed by atoms with Crippen molar-refractivity contribution in [2.75, 3.05) is 26.7 Å². The first-order valence-electron chi connectivity index (χ1n) is 6.68. The molecule has 2 heterocycles. The number of nitrogens with two attached hydrogens (primary N) is 1. The molecule has 9 heteroatoms. The standard InChI is InChI=1S/C13H21N3O4S.ClH/c1-13(8-14)4-5-16(9-13)21(18,19)10-6-11(12(17)20-3)15(2)7-10;/h6-7H,4-5,8-9,14H2,1-3H3;1H. The molecule has 0 bridgehead atoms. The van der Waals surface area contributed by atoms with E-state index in [9.17, 15) is 13.2 Å². The summed E-state index contributed by atoms with van der Waals surface area (Å²) in [5.74, 6) is -0.563. The summed E-state index contributed by atoms with van der Waals surface area (Å²) in [6, 6.07) is 1.35. The molecule has 0 aromatic carbocycles. The Kier molecular flexibility index (Phi) is 5.66. The second-order valence-electron chi connectivity index (χ2n) is 5.77. The van der Waals surface area contributed by atoms with E-state index in [2.05, 4.69) is 4.74 Å².